The predicted molar refractivity (Wildman–Crippen MR) is 86.8 cm³/mol. The number of likely N-dealkylation sites (tertiary alicyclic amines) is 1. The lowest BCUT2D eigenvalue weighted by Crippen LogP contribution is -2.57. The van der Waals surface area contributed by atoms with Crippen molar-refractivity contribution < 1.29 is 14.4 Å². The maximum Gasteiger partial charge on any atom is 0.322 e. The van der Waals surface area contributed by atoms with Crippen molar-refractivity contribution in [2.45, 2.75) is 64.0 Å². The average Bonchev–Trinajstić information content (AvgIpc) is 2.78. The van der Waals surface area contributed by atoms with Crippen molar-refractivity contribution >= 4 is 17.8 Å². The van der Waals surface area contributed by atoms with Crippen LogP contribution in [0.5, 0.6) is 0 Å². The van der Waals surface area contributed by atoms with Crippen LogP contribution in [0.2, 0.25) is 0 Å². The van der Waals surface area contributed by atoms with E-state index in [1.54, 1.807) is 0 Å². The maximum absolute atomic E-state index is 12.4. The summed E-state index contributed by atoms with van der Waals surface area (Å²) in [7, 11) is 0. The van der Waals surface area contributed by atoms with Crippen LogP contribution >= 0.6 is 0 Å². The van der Waals surface area contributed by atoms with Crippen LogP contribution in [0.1, 0.15) is 52.4 Å². The number of nitrogens with zero attached hydrogens (tertiary/aromatic N) is 1. The zero-order valence-corrected chi connectivity index (χ0v) is 14.1. The Hall–Kier alpha value is -1.63. The molecule has 130 valence electrons. The van der Waals surface area contributed by atoms with E-state index in [1.165, 1.54) is 25.7 Å². The first kappa shape index (κ1) is 17.7. The third-order valence-corrected chi connectivity index (χ3v) is 4.31. The van der Waals surface area contributed by atoms with Crippen LogP contribution in [0.4, 0.5) is 4.79 Å². The highest BCUT2D eigenvalue weighted by molar-refractivity contribution is 5.98. The fraction of sp³-hybridized carbons (Fsp3) is 0.812. The van der Waals surface area contributed by atoms with Crippen molar-refractivity contribution in [3.05, 3.63) is 0 Å². The van der Waals surface area contributed by atoms with Crippen LogP contribution in [0.3, 0.4) is 0 Å². The van der Waals surface area contributed by atoms with Gasteiger partial charge in [-0.2, -0.15) is 0 Å². The van der Waals surface area contributed by atoms with Gasteiger partial charge in [-0.3, -0.25) is 14.9 Å². The van der Waals surface area contributed by atoms with E-state index in [0.29, 0.717) is 6.42 Å². The Bertz CT molecular complexity index is 456. The molecule has 1 atom stereocenters. The van der Waals surface area contributed by atoms with Crippen molar-refractivity contribution in [3.8, 4) is 0 Å². The molecule has 23 heavy (non-hydrogen) atoms. The van der Waals surface area contributed by atoms with Gasteiger partial charge < -0.3 is 15.5 Å². The molecule has 2 aliphatic rings. The fourth-order valence-corrected chi connectivity index (χ4v) is 3.24. The summed E-state index contributed by atoms with van der Waals surface area (Å²) in [5.74, 6) is -0.573. The largest absolute Gasteiger partial charge is 0.348 e. The Morgan fingerprint density at radius 2 is 1.87 bits per heavy atom. The van der Waals surface area contributed by atoms with Crippen molar-refractivity contribution in [1.82, 2.24) is 20.9 Å². The minimum atomic E-state index is -0.662. The molecular weight excluding hydrogens is 296 g/mol. The van der Waals surface area contributed by atoms with E-state index in [-0.39, 0.29) is 23.8 Å². The van der Waals surface area contributed by atoms with Gasteiger partial charge in [0, 0.05) is 18.5 Å². The van der Waals surface area contributed by atoms with Gasteiger partial charge in [-0.05, 0) is 46.2 Å². The summed E-state index contributed by atoms with van der Waals surface area (Å²) in [5, 5.41) is 7.76. The van der Waals surface area contributed by atoms with Crippen molar-refractivity contribution in [1.29, 1.82) is 0 Å². The maximum atomic E-state index is 12.4. The highest BCUT2D eigenvalue weighted by atomic mass is 16.2. The van der Waals surface area contributed by atoms with Gasteiger partial charge in [-0.1, -0.05) is 12.8 Å². The number of nitrogens with one attached hydrogen (secondary N) is 3. The topological polar surface area (TPSA) is 90.5 Å². The minimum absolute atomic E-state index is 0.170. The smallest absolute Gasteiger partial charge is 0.322 e. The standard InChI is InChI=1S/C16H28N4O3/c1-16(2,11-20-9-5-3-4-6-10-20)19-14(22)12-7-8-13(21)18-15(23)17-12/h12H,3-11H2,1-2H3,(H,19,22)(H2,17,18,21,23)/t12-/m1/s1. The molecule has 0 bridgehead atoms. The lowest BCUT2D eigenvalue weighted by atomic mass is 10.0. The van der Waals surface area contributed by atoms with Crippen LogP contribution in [0.25, 0.3) is 0 Å². The second kappa shape index (κ2) is 7.77. The van der Waals surface area contributed by atoms with Crippen molar-refractivity contribution in [2.24, 2.45) is 0 Å². The number of rotatable bonds is 4. The molecule has 0 aromatic carbocycles. The number of imide groups is 1. The SMILES string of the molecule is CC(C)(CN1CCCCCC1)NC(=O)[C@H]1CCC(=O)NC(=O)N1. The fourth-order valence-electron chi connectivity index (χ4n) is 3.24. The molecule has 3 N–H and O–H groups in total. The molecule has 2 rings (SSSR count). The van der Waals surface area contributed by atoms with E-state index in [2.05, 4.69) is 20.9 Å². The quantitative estimate of drug-likeness (QED) is 0.711. The minimum Gasteiger partial charge on any atom is -0.348 e. The Morgan fingerprint density at radius 3 is 2.52 bits per heavy atom. The highest BCUT2D eigenvalue weighted by Crippen LogP contribution is 2.14. The third kappa shape index (κ3) is 5.82. The molecule has 2 heterocycles. The van der Waals surface area contributed by atoms with Crippen LogP contribution in [-0.4, -0.2) is 54.0 Å². The van der Waals surface area contributed by atoms with E-state index in [0.717, 1.165) is 19.6 Å². The Balaban J connectivity index is 1.88. The Morgan fingerprint density at radius 1 is 1.22 bits per heavy atom. The summed E-state index contributed by atoms with van der Waals surface area (Å²) in [5.41, 5.74) is -0.379. The lowest BCUT2D eigenvalue weighted by Gasteiger charge is -2.34. The number of amides is 4. The van der Waals surface area contributed by atoms with Gasteiger partial charge in [0.2, 0.25) is 11.8 Å². The zero-order chi connectivity index (χ0) is 16.9. The van der Waals surface area contributed by atoms with Crippen LogP contribution in [-0.2, 0) is 9.59 Å². The monoisotopic (exact) mass is 324 g/mol. The molecule has 7 heteroatoms. The number of hydrogen-bond donors (Lipinski definition) is 3. The van der Waals surface area contributed by atoms with Crippen molar-refractivity contribution in [2.75, 3.05) is 19.6 Å². The van der Waals surface area contributed by atoms with Gasteiger partial charge in [0.25, 0.3) is 0 Å². The number of urea groups is 1. The summed E-state index contributed by atoms with van der Waals surface area (Å²) in [4.78, 5) is 37.7. The highest BCUT2D eigenvalue weighted by Gasteiger charge is 2.31. The van der Waals surface area contributed by atoms with Gasteiger partial charge in [0.1, 0.15) is 6.04 Å². The summed E-state index contributed by atoms with van der Waals surface area (Å²) < 4.78 is 0. The molecule has 0 saturated carbocycles. The number of carbonyl (C=O) groups is 3. The molecule has 0 aromatic heterocycles. The molecule has 2 saturated heterocycles. The summed E-state index contributed by atoms with van der Waals surface area (Å²) in [6.45, 7) is 6.92. The molecule has 0 aromatic rings. The van der Waals surface area contributed by atoms with Crippen LogP contribution in [0.15, 0.2) is 0 Å². The summed E-state index contributed by atoms with van der Waals surface area (Å²) in [6, 6.07) is -1.26. The zero-order valence-electron chi connectivity index (χ0n) is 14.1. The summed E-state index contributed by atoms with van der Waals surface area (Å²) in [6.07, 6.45) is 5.45. The van der Waals surface area contributed by atoms with E-state index < -0.39 is 12.1 Å². The lowest BCUT2D eigenvalue weighted by molar-refractivity contribution is -0.124. The van der Waals surface area contributed by atoms with Gasteiger partial charge in [0.05, 0.1) is 0 Å². The molecule has 0 radical (unpaired) electrons. The summed E-state index contributed by atoms with van der Waals surface area (Å²) >= 11 is 0. The third-order valence-electron chi connectivity index (χ3n) is 4.31. The first-order valence-electron chi connectivity index (χ1n) is 8.50. The number of carbonyl (C=O) groups excluding carboxylic acids is 3. The number of hydrogen-bond acceptors (Lipinski definition) is 4. The predicted octanol–water partition coefficient (Wildman–Crippen LogP) is 0.745. The molecular formula is C16H28N4O3. The van der Waals surface area contributed by atoms with Gasteiger partial charge in [0.15, 0.2) is 0 Å². The second-order valence-corrected chi connectivity index (χ2v) is 7.18. The molecule has 2 aliphatic heterocycles. The van der Waals surface area contributed by atoms with Gasteiger partial charge >= 0.3 is 6.03 Å². The first-order chi connectivity index (χ1) is 10.9. The average molecular weight is 324 g/mol. The van der Waals surface area contributed by atoms with E-state index >= 15 is 0 Å². The molecule has 4 amide bonds. The molecule has 0 aliphatic carbocycles. The van der Waals surface area contributed by atoms with Crippen molar-refractivity contribution in [3.63, 3.8) is 0 Å². The van der Waals surface area contributed by atoms with E-state index in [4.69, 9.17) is 0 Å². The molecule has 0 spiro atoms. The van der Waals surface area contributed by atoms with Crippen LogP contribution < -0.4 is 16.0 Å². The Kier molecular flexibility index (Phi) is 5.98. The Labute approximate surface area is 137 Å². The molecule has 0 unspecified atom stereocenters. The van der Waals surface area contributed by atoms with E-state index in [1.807, 2.05) is 13.8 Å². The molecule has 7 nitrogen and oxygen atoms in total. The van der Waals surface area contributed by atoms with Gasteiger partial charge in [-0.25, -0.2) is 4.79 Å². The first-order valence-corrected chi connectivity index (χ1v) is 8.50. The van der Waals surface area contributed by atoms with Gasteiger partial charge in [-0.15, -0.1) is 0 Å². The normalized spacial score (nSPS) is 24.2. The second-order valence-electron chi connectivity index (χ2n) is 7.18. The van der Waals surface area contributed by atoms with E-state index in [9.17, 15) is 14.4 Å². The molecule has 2 fully saturated rings. The van der Waals surface area contributed by atoms with Crippen LogP contribution in [0, 0.1) is 0 Å².